The van der Waals surface area contributed by atoms with E-state index >= 15 is 0 Å². The van der Waals surface area contributed by atoms with Crippen LogP contribution in [-0.2, 0) is 17.1 Å². The van der Waals surface area contributed by atoms with Crippen LogP contribution in [0.3, 0.4) is 0 Å². The summed E-state index contributed by atoms with van der Waals surface area (Å²) in [5.41, 5.74) is 1.07. The monoisotopic (exact) mass is 348 g/mol. The zero-order valence-corrected chi connectivity index (χ0v) is 14.4. The molecule has 9 heteroatoms. The van der Waals surface area contributed by atoms with Crippen LogP contribution in [0.5, 0.6) is 0 Å². The fraction of sp³-hybridized carbons (Fsp3) is 0.533. The lowest BCUT2D eigenvalue weighted by atomic mass is 10.2. The van der Waals surface area contributed by atoms with E-state index in [1.807, 2.05) is 12.1 Å². The molecule has 0 radical (unpaired) electrons. The Bertz CT molecular complexity index is 820. The second kappa shape index (κ2) is 5.82. The Morgan fingerprint density at radius 3 is 2.38 bits per heavy atom. The van der Waals surface area contributed by atoms with Crippen molar-refractivity contribution in [2.24, 2.45) is 7.05 Å². The number of anilines is 1. The molecule has 0 atom stereocenters. The number of hydrogen-bond donors (Lipinski definition) is 0. The van der Waals surface area contributed by atoms with Crippen molar-refractivity contribution in [2.45, 2.75) is 23.7 Å². The number of aromatic nitrogens is 4. The zero-order valence-electron chi connectivity index (χ0n) is 13.5. The molecule has 0 unspecified atom stereocenters. The molecule has 4 rings (SSSR count). The van der Waals surface area contributed by atoms with Crippen molar-refractivity contribution in [3.05, 3.63) is 30.2 Å². The molecular formula is C15H20N6O2S. The van der Waals surface area contributed by atoms with Gasteiger partial charge in [-0.05, 0) is 25.0 Å². The molecule has 0 amide bonds. The number of hydrogen-bond acceptors (Lipinski definition) is 6. The van der Waals surface area contributed by atoms with E-state index in [2.05, 4.69) is 20.2 Å². The van der Waals surface area contributed by atoms with Gasteiger partial charge in [-0.15, -0.1) is 5.10 Å². The van der Waals surface area contributed by atoms with Crippen molar-refractivity contribution in [3.8, 4) is 0 Å². The van der Waals surface area contributed by atoms with Gasteiger partial charge in [0.25, 0.3) is 0 Å². The van der Waals surface area contributed by atoms with Gasteiger partial charge in [0, 0.05) is 45.3 Å². The Morgan fingerprint density at radius 2 is 1.83 bits per heavy atom. The van der Waals surface area contributed by atoms with E-state index < -0.39 is 10.0 Å². The van der Waals surface area contributed by atoms with Crippen LogP contribution in [0, 0.1) is 0 Å². The summed E-state index contributed by atoms with van der Waals surface area (Å²) in [6.45, 7) is 2.08. The van der Waals surface area contributed by atoms with E-state index in [0.717, 1.165) is 11.5 Å². The van der Waals surface area contributed by atoms with Crippen LogP contribution >= 0.6 is 0 Å². The molecule has 2 aliphatic rings. The molecule has 2 aromatic rings. The van der Waals surface area contributed by atoms with Crippen LogP contribution in [0.1, 0.15) is 24.5 Å². The van der Waals surface area contributed by atoms with Crippen LogP contribution in [-0.4, -0.2) is 58.9 Å². The Balaban J connectivity index is 1.42. The molecule has 0 spiro atoms. The fourth-order valence-electron chi connectivity index (χ4n) is 2.94. The average molecular weight is 348 g/mol. The van der Waals surface area contributed by atoms with Crippen LogP contribution in [0.15, 0.2) is 29.4 Å². The van der Waals surface area contributed by atoms with Crippen LogP contribution in [0.25, 0.3) is 0 Å². The molecule has 8 nitrogen and oxygen atoms in total. The number of aryl methyl sites for hydroxylation is 1. The molecule has 0 bridgehead atoms. The molecule has 24 heavy (non-hydrogen) atoms. The van der Waals surface area contributed by atoms with Gasteiger partial charge in [-0.25, -0.2) is 8.42 Å². The van der Waals surface area contributed by atoms with Gasteiger partial charge in [0.05, 0.1) is 11.9 Å². The predicted octanol–water partition coefficient (Wildman–Crippen LogP) is 0.598. The van der Waals surface area contributed by atoms with E-state index in [0.29, 0.717) is 32.1 Å². The molecule has 0 aromatic carbocycles. The summed E-state index contributed by atoms with van der Waals surface area (Å²) < 4.78 is 28.2. The van der Waals surface area contributed by atoms with Gasteiger partial charge in [0.1, 0.15) is 4.90 Å². The van der Waals surface area contributed by atoms with Crippen molar-refractivity contribution >= 4 is 15.8 Å². The maximum absolute atomic E-state index is 12.6. The van der Waals surface area contributed by atoms with E-state index in [1.165, 1.54) is 34.2 Å². The van der Waals surface area contributed by atoms with Crippen molar-refractivity contribution in [1.82, 2.24) is 24.3 Å². The molecule has 2 aromatic heterocycles. The first kappa shape index (κ1) is 15.5. The van der Waals surface area contributed by atoms with Crippen LogP contribution < -0.4 is 4.90 Å². The van der Waals surface area contributed by atoms with Crippen molar-refractivity contribution in [1.29, 1.82) is 0 Å². The number of sulfonamides is 1. The molecule has 1 saturated heterocycles. The third-order valence-electron chi connectivity index (χ3n) is 4.55. The smallest absolute Gasteiger partial charge is 0.246 e. The first-order valence-corrected chi connectivity index (χ1v) is 9.55. The zero-order chi connectivity index (χ0) is 16.7. The number of piperazine rings is 1. The Labute approximate surface area is 141 Å². The summed E-state index contributed by atoms with van der Waals surface area (Å²) in [5, 5.41) is 12.6. The molecule has 0 N–H and O–H groups in total. The lowest BCUT2D eigenvalue weighted by Gasteiger charge is -2.34. The standard InChI is InChI=1S/C15H20N6O2S/c1-19-11-13(10-16-19)24(22,23)21-8-6-20(7-9-21)15-5-4-14(17-18-15)12-2-3-12/h4-5,10-12H,2-3,6-9H2,1H3. The third kappa shape index (κ3) is 2.89. The van der Waals surface area contributed by atoms with Crippen LogP contribution in [0.2, 0.25) is 0 Å². The molecule has 1 saturated carbocycles. The van der Waals surface area contributed by atoms with Gasteiger partial charge in [-0.1, -0.05) is 0 Å². The molecule has 2 fully saturated rings. The molecule has 1 aliphatic carbocycles. The molecule has 3 heterocycles. The first-order valence-electron chi connectivity index (χ1n) is 8.11. The highest BCUT2D eigenvalue weighted by Gasteiger charge is 2.30. The minimum absolute atomic E-state index is 0.243. The minimum Gasteiger partial charge on any atom is -0.352 e. The predicted molar refractivity (Wildman–Crippen MR) is 88.2 cm³/mol. The quantitative estimate of drug-likeness (QED) is 0.804. The summed E-state index contributed by atoms with van der Waals surface area (Å²) in [5.74, 6) is 1.41. The van der Waals surface area contributed by atoms with Crippen molar-refractivity contribution < 1.29 is 8.42 Å². The molecule has 128 valence electrons. The SMILES string of the molecule is Cn1cc(S(=O)(=O)N2CCN(c3ccc(C4CC4)nn3)CC2)cn1. The van der Waals surface area contributed by atoms with Gasteiger partial charge < -0.3 is 4.90 Å². The summed E-state index contributed by atoms with van der Waals surface area (Å²) in [6.07, 6.45) is 5.34. The van der Waals surface area contributed by atoms with E-state index in [1.54, 1.807) is 7.05 Å². The number of rotatable bonds is 4. The van der Waals surface area contributed by atoms with E-state index in [-0.39, 0.29) is 4.90 Å². The maximum atomic E-state index is 12.6. The second-order valence-electron chi connectivity index (χ2n) is 6.33. The highest BCUT2D eigenvalue weighted by Crippen LogP contribution is 2.38. The molecule has 1 aliphatic heterocycles. The van der Waals surface area contributed by atoms with Gasteiger partial charge in [-0.3, -0.25) is 4.68 Å². The van der Waals surface area contributed by atoms with Crippen molar-refractivity contribution in [3.63, 3.8) is 0 Å². The summed E-state index contributed by atoms with van der Waals surface area (Å²) in [4.78, 5) is 2.32. The summed E-state index contributed by atoms with van der Waals surface area (Å²) >= 11 is 0. The second-order valence-corrected chi connectivity index (χ2v) is 8.27. The topological polar surface area (TPSA) is 84.2 Å². The van der Waals surface area contributed by atoms with E-state index in [9.17, 15) is 8.42 Å². The lowest BCUT2D eigenvalue weighted by molar-refractivity contribution is 0.383. The van der Waals surface area contributed by atoms with Crippen LogP contribution in [0.4, 0.5) is 5.82 Å². The lowest BCUT2D eigenvalue weighted by Crippen LogP contribution is -2.48. The van der Waals surface area contributed by atoms with Crippen molar-refractivity contribution in [2.75, 3.05) is 31.1 Å². The van der Waals surface area contributed by atoms with Gasteiger partial charge in [0.15, 0.2) is 5.82 Å². The summed E-state index contributed by atoms with van der Waals surface area (Å²) in [6, 6.07) is 4.03. The third-order valence-corrected chi connectivity index (χ3v) is 6.40. The van der Waals surface area contributed by atoms with Gasteiger partial charge in [-0.2, -0.15) is 14.5 Å². The number of nitrogens with zero attached hydrogens (tertiary/aromatic N) is 6. The normalized spacial score (nSPS) is 19.6. The summed E-state index contributed by atoms with van der Waals surface area (Å²) in [7, 11) is -1.76. The Morgan fingerprint density at radius 1 is 1.08 bits per heavy atom. The Kier molecular flexibility index (Phi) is 3.76. The highest BCUT2D eigenvalue weighted by atomic mass is 32.2. The Hall–Kier alpha value is -2.00. The highest BCUT2D eigenvalue weighted by molar-refractivity contribution is 7.89. The van der Waals surface area contributed by atoms with Gasteiger partial charge in [0.2, 0.25) is 10.0 Å². The largest absolute Gasteiger partial charge is 0.352 e. The maximum Gasteiger partial charge on any atom is 0.246 e. The van der Waals surface area contributed by atoms with Gasteiger partial charge >= 0.3 is 0 Å². The minimum atomic E-state index is -3.47. The average Bonchev–Trinajstić information content (AvgIpc) is 3.36. The van der Waals surface area contributed by atoms with E-state index in [4.69, 9.17) is 0 Å². The first-order chi connectivity index (χ1) is 11.5. The molecular weight excluding hydrogens is 328 g/mol. The fourth-order valence-corrected chi connectivity index (χ4v) is 4.35.